The number of hydrogen-bond acceptors (Lipinski definition) is 4. The van der Waals surface area contributed by atoms with Crippen molar-refractivity contribution in [1.82, 2.24) is 4.90 Å². The monoisotopic (exact) mass is 453 g/mol. The molecule has 0 unspecified atom stereocenters. The number of ether oxygens (including phenoxy) is 2. The predicted octanol–water partition coefficient (Wildman–Crippen LogP) is 5.18. The highest BCUT2D eigenvalue weighted by Crippen LogP contribution is 2.32. The largest absolute Gasteiger partial charge is 0.489 e. The fraction of sp³-hybridized carbons (Fsp3) is 0.172. The fourth-order valence-corrected chi connectivity index (χ4v) is 3.95. The Kier molecular flexibility index (Phi) is 7.23. The van der Waals surface area contributed by atoms with E-state index >= 15 is 0 Å². The molecule has 0 atom stereocenters. The van der Waals surface area contributed by atoms with Crippen molar-refractivity contribution in [2.75, 3.05) is 13.7 Å². The van der Waals surface area contributed by atoms with E-state index in [0.29, 0.717) is 36.4 Å². The average molecular weight is 454 g/mol. The average Bonchev–Trinajstić information content (AvgIpc) is 3.11. The summed E-state index contributed by atoms with van der Waals surface area (Å²) >= 11 is 0. The van der Waals surface area contributed by atoms with Crippen LogP contribution in [-0.4, -0.2) is 30.4 Å². The highest BCUT2D eigenvalue weighted by Gasteiger charge is 2.36. The molecule has 172 valence electrons. The van der Waals surface area contributed by atoms with Gasteiger partial charge in [-0.2, -0.15) is 0 Å². The topological polar surface area (TPSA) is 55.8 Å². The second-order valence-electron chi connectivity index (χ2n) is 8.05. The van der Waals surface area contributed by atoms with E-state index < -0.39 is 5.97 Å². The van der Waals surface area contributed by atoms with Gasteiger partial charge in [-0.3, -0.25) is 4.79 Å². The summed E-state index contributed by atoms with van der Waals surface area (Å²) in [7, 11) is 1.33. The Labute approximate surface area is 199 Å². The first-order valence-electron chi connectivity index (χ1n) is 11.2. The molecule has 0 spiro atoms. The highest BCUT2D eigenvalue weighted by atomic mass is 16.5. The smallest absolute Gasteiger partial charge is 0.340 e. The number of rotatable bonds is 8. The second-order valence-corrected chi connectivity index (χ2v) is 8.05. The van der Waals surface area contributed by atoms with E-state index in [2.05, 4.69) is 0 Å². The van der Waals surface area contributed by atoms with Gasteiger partial charge in [-0.1, -0.05) is 72.8 Å². The van der Waals surface area contributed by atoms with Crippen molar-refractivity contribution in [3.8, 4) is 5.75 Å². The number of hydrogen-bond donors (Lipinski definition) is 0. The molecule has 0 saturated carbocycles. The van der Waals surface area contributed by atoms with Crippen LogP contribution in [0.25, 0.3) is 6.08 Å². The van der Waals surface area contributed by atoms with Gasteiger partial charge in [0.1, 0.15) is 12.4 Å². The van der Waals surface area contributed by atoms with Crippen molar-refractivity contribution in [2.24, 2.45) is 0 Å². The van der Waals surface area contributed by atoms with Gasteiger partial charge in [-0.15, -0.1) is 0 Å². The highest BCUT2D eigenvalue weighted by molar-refractivity contribution is 6.16. The summed E-state index contributed by atoms with van der Waals surface area (Å²) in [5.74, 6) is 0.0218. The third-order valence-electron chi connectivity index (χ3n) is 5.81. The van der Waals surface area contributed by atoms with Crippen LogP contribution >= 0.6 is 0 Å². The summed E-state index contributed by atoms with van der Waals surface area (Å²) in [6.45, 7) is 2.75. The maximum absolute atomic E-state index is 13.3. The Bertz CT molecular complexity index is 1210. The van der Waals surface area contributed by atoms with Crippen molar-refractivity contribution in [3.05, 3.63) is 118 Å². The number of carbonyl (C=O) groups is 2. The summed E-state index contributed by atoms with van der Waals surface area (Å²) < 4.78 is 10.8. The molecule has 0 saturated heterocycles. The standard InChI is InChI=1S/C29H27NO4/c1-21-27(29(32)33-2)26(28(31)30(21)18-17-22-9-5-3-6-10-22)19-23-13-15-25(16-14-23)34-20-24-11-7-4-8-12-24/h3-16,19H,17-18,20H2,1-2H3. The van der Waals surface area contributed by atoms with E-state index in [9.17, 15) is 9.59 Å². The first kappa shape index (κ1) is 23.1. The van der Waals surface area contributed by atoms with Gasteiger partial charge in [0.2, 0.25) is 0 Å². The van der Waals surface area contributed by atoms with Crippen molar-refractivity contribution >= 4 is 18.0 Å². The van der Waals surface area contributed by atoms with E-state index in [1.807, 2.05) is 84.9 Å². The van der Waals surface area contributed by atoms with E-state index in [1.54, 1.807) is 17.9 Å². The van der Waals surface area contributed by atoms with Gasteiger partial charge < -0.3 is 14.4 Å². The van der Waals surface area contributed by atoms with Crippen LogP contribution in [-0.2, 0) is 27.4 Å². The normalized spacial score (nSPS) is 14.6. The molecule has 0 radical (unpaired) electrons. The van der Waals surface area contributed by atoms with Gasteiger partial charge in [0.25, 0.3) is 5.91 Å². The molecule has 0 bridgehead atoms. The lowest BCUT2D eigenvalue weighted by atomic mass is 10.0. The lowest BCUT2D eigenvalue weighted by Crippen LogP contribution is -2.27. The lowest BCUT2D eigenvalue weighted by molar-refractivity contribution is -0.136. The van der Waals surface area contributed by atoms with E-state index in [-0.39, 0.29) is 5.91 Å². The Hall–Kier alpha value is -4.12. The van der Waals surface area contributed by atoms with Gasteiger partial charge >= 0.3 is 5.97 Å². The molecule has 1 aliphatic heterocycles. The molecule has 0 fully saturated rings. The third kappa shape index (κ3) is 5.26. The summed E-state index contributed by atoms with van der Waals surface area (Å²) in [5, 5.41) is 0. The molecule has 0 aromatic heterocycles. The summed E-state index contributed by atoms with van der Waals surface area (Å²) in [4.78, 5) is 27.5. The predicted molar refractivity (Wildman–Crippen MR) is 132 cm³/mol. The quantitative estimate of drug-likeness (QED) is 0.348. The molecule has 4 rings (SSSR count). The molecule has 5 nitrogen and oxygen atoms in total. The van der Waals surface area contributed by atoms with Crippen LogP contribution in [0, 0.1) is 0 Å². The summed E-state index contributed by atoms with van der Waals surface area (Å²) in [6, 6.07) is 27.4. The van der Waals surface area contributed by atoms with Crippen molar-refractivity contribution in [3.63, 3.8) is 0 Å². The van der Waals surface area contributed by atoms with Gasteiger partial charge in [-0.05, 0) is 48.2 Å². The minimum Gasteiger partial charge on any atom is -0.489 e. The van der Waals surface area contributed by atoms with Crippen LogP contribution in [0.1, 0.15) is 23.6 Å². The maximum atomic E-state index is 13.3. The molecular weight excluding hydrogens is 426 g/mol. The van der Waals surface area contributed by atoms with Crippen LogP contribution < -0.4 is 4.74 Å². The molecule has 0 aliphatic carbocycles. The number of esters is 1. The lowest BCUT2D eigenvalue weighted by Gasteiger charge is -2.17. The van der Waals surface area contributed by atoms with Crippen LogP contribution in [0.3, 0.4) is 0 Å². The third-order valence-corrected chi connectivity index (χ3v) is 5.81. The number of allylic oxidation sites excluding steroid dienone is 1. The SMILES string of the molecule is COC(=O)C1=C(C)N(CCc2ccccc2)C(=O)C1=Cc1ccc(OCc2ccccc2)cc1. The van der Waals surface area contributed by atoms with Gasteiger partial charge in [0, 0.05) is 12.2 Å². The molecule has 1 heterocycles. The first-order valence-corrected chi connectivity index (χ1v) is 11.2. The molecular formula is C29H27NO4. The van der Waals surface area contributed by atoms with Gasteiger partial charge in [0.15, 0.2) is 0 Å². The van der Waals surface area contributed by atoms with Crippen LogP contribution in [0.5, 0.6) is 5.75 Å². The molecule has 3 aromatic rings. The molecule has 0 N–H and O–H groups in total. The number of amides is 1. The summed E-state index contributed by atoms with van der Waals surface area (Å²) in [6.07, 6.45) is 2.43. The fourth-order valence-electron chi connectivity index (χ4n) is 3.95. The maximum Gasteiger partial charge on any atom is 0.340 e. The minimum absolute atomic E-state index is 0.196. The Balaban J connectivity index is 1.52. The van der Waals surface area contributed by atoms with Crippen molar-refractivity contribution < 1.29 is 19.1 Å². The number of benzene rings is 3. The zero-order chi connectivity index (χ0) is 23.9. The molecule has 1 aliphatic rings. The van der Waals surface area contributed by atoms with Crippen molar-refractivity contribution in [2.45, 2.75) is 20.0 Å². The van der Waals surface area contributed by atoms with E-state index in [4.69, 9.17) is 9.47 Å². The van der Waals surface area contributed by atoms with Crippen LogP contribution in [0.4, 0.5) is 0 Å². The van der Waals surface area contributed by atoms with Gasteiger partial charge in [-0.25, -0.2) is 4.79 Å². The zero-order valence-electron chi connectivity index (χ0n) is 19.4. The van der Waals surface area contributed by atoms with E-state index in [0.717, 1.165) is 22.4 Å². The summed E-state index contributed by atoms with van der Waals surface area (Å²) in [5.41, 5.74) is 4.28. The van der Waals surface area contributed by atoms with E-state index in [1.165, 1.54) is 7.11 Å². The second kappa shape index (κ2) is 10.7. The van der Waals surface area contributed by atoms with Gasteiger partial charge in [0.05, 0.1) is 18.3 Å². The van der Waals surface area contributed by atoms with Crippen LogP contribution in [0.2, 0.25) is 0 Å². The number of carbonyl (C=O) groups excluding carboxylic acids is 2. The molecule has 3 aromatic carbocycles. The Morgan fingerprint density at radius 2 is 1.50 bits per heavy atom. The minimum atomic E-state index is -0.512. The number of nitrogens with zero attached hydrogens (tertiary/aromatic N) is 1. The first-order chi connectivity index (χ1) is 16.6. The molecule has 34 heavy (non-hydrogen) atoms. The Morgan fingerprint density at radius 3 is 2.12 bits per heavy atom. The zero-order valence-corrected chi connectivity index (χ0v) is 19.4. The van der Waals surface area contributed by atoms with Crippen LogP contribution in [0.15, 0.2) is 102 Å². The van der Waals surface area contributed by atoms with Crippen molar-refractivity contribution in [1.29, 1.82) is 0 Å². The Morgan fingerprint density at radius 1 is 0.882 bits per heavy atom. The number of methoxy groups -OCH3 is 1. The molecule has 5 heteroatoms. The molecule has 1 amide bonds.